The van der Waals surface area contributed by atoms with Crippen molar-refractivity contribution in [2.75, 3.05) is 57.9 Å². The SMILES string of the molecule is COc1cc(C2CNC(=O)C2)ccc1OCC(O)CN1CCN(c2ccccc2)CC1. The van der Waals surface area contributed by atoms with Crippen molar-refractivity contribution in [3.05, 3.63) is 54.1 Å². The molecule has 2 aromatic carbocycles. The maximum Gasteiger partial charge on any atom is 0.220 e. The number of carbonyl (C=O) groups is 1. The number of rotatable bonds is 8. The van der Waals surface area contributed by atoms with E-state index in [2.05, 4.69) is 39.4 Å². The Morgan fingerprint density at radius 3 is 2.55 bits per heavy atom. The van der Waals surface area contributed by atoms with Gasteiger partial charge in [0.2, 0.25) is 5.91 Å². The largest absolute Gasteiger partial charge is 0.493 e. The van der Waals surface area contributed by atoms with E-state index in [0.29, 0.717) is 31.0 Å². The lowest BCUT2D eigenvalue weighted by molar-refractivity contribution is -0.119. The predicted octanol–water partition coefficient (Wildman–Crippen LogP) is 1.86. The van der Waals surface area contributed by atoms with Gasteiger partial charge in [0.05, 0.1) is 7.11 Å². The first-order valence-electron chi connectivity index (χ1n) is 10.9. The van der Waals surface area contributed by atoms with Crippen LogP contribution >= 0.6 is 0 Å². The number of anilines is 1. The molecular weight excluding hydrogens is 394 g/mol. The predicted molar refractivity (Wildman–Crippen MR) is 120 cm³/mol. The lowest BCUT2D eigenvalue weighted by Gasteiger charge is -2.36. The van der Waals surface area contributed by atoms with Crippen molar-refractivity contribution in [1.29, 1.82) is 0 Å². The first-order chi connectivity index (χ1) is 15.1. The van der Waals surface area contributed by atoms with Gasteiger partial charge in [-0.15, -0.1) is 0 Å². The Labute approximate surface area is 183 Å². The number of β-amino-alcohol motifs (C(OH)–C–C–N with tert-alkyl or cyclic N) is 1. The number of ether oxygens (including phenoxy) is 2. The van der Waals surface area contributed by atoms with Gasteiger partial charge in [0.25, 0.3) is 0 Å². The highest BCUT2D eigenvalue weighted by atomic mass is 16.5. The third-order valence-corrected chi connectivity index (χ3v) is 6.03. The molecule has 7 heteroatoms. The quantitative estimate of drug-likeness (QED) is 0.673. The van der Waals surface area contributed by atoms with E-state index in [0.717, 1.165) is 31.7 Å². The fraction of sp³-hybridized carbons (Fsp3) is 0.458. The van der Waals surface area contributed by atoms with Crippen molar-refractivity contribution in [2.24, 2.45) is 0 Å². The number of amides is 1. The maximum atomic E-state index is 11.5. The van der Waals surface area contributed by atoms with Gasteiger partial charge in [-0.25, -0.2) is 0 Å². The third-order valence-electron chi connectivity index (χ3n) is 6.03. The highest BCUT2D eigenvalue weighted by Gasteiger charge is 2.24. The molecule has 0 aromatic heterocycles. The van der Waals surface area contributed by atoms with Crippen LogP contribution in [-0.4, -0.2) is 75.0 Å². The minimum atomic E-state index is -0.579. The van der Waals surface area contributed by atoms with Crippen molar-refractivity contribution in [3.63, 3.8) is 0 Å². The van der Waals surface area contributed by atoms with Crippen LogP contribution in [0.2, 0.25) is 0 Å². The van der Waals surface area contributed by atoms with Gasteiger partial charge in [0, 0.05) is 57.3 Å². The average Bonchev–Trinajstić information content (AvgIpc) is 3.25. The van der Waals surface area contributed by atoms with Gasteiger partial charge in [-0.1, -0.05) is 24.3 Å². The second-order valence-electron chi connectivity index (χ2n) is 8.20. The van der Waals surface area contributed by atoms with E-state index in [1.165, 1.54) is 5.69 Å². The molecule has 7 nitrogen and oxygen atoms in total. The van der Waals surface area contributed by atoms with Gasteiger partial charge in [-0.3, -0.25) is 9.69 Å². The van der Waals surface area contributed by atoms with Crippen LogP contribution in [-0.2, 0) is 4.79 Å². The molecule has 2 aromatic rings. The first kappa shape index (κ1) is 21.5. The molecule has 2 heterocycles. The van der Waals surface area contributed by atoms with Crippen LogP contribution in [0.15, 0.2) is 48.5 Å². The van der Waals surface area contributed by atoms with Gasteiger partial charge in [-0.2, -0.15) is 0 Å². The average molecular weight is 426 g/mol. The second kappa shape index (κ2) is 10.0. The minimum Gasteiger partial charge on any atom is -0.493 e. The zero-order valence-corrected chi connectivity index (χ0v) is 18.0. The molecule has 4 rings (SSSR count). The Kier molecular flexibility index (Phi) is 6.94. The number of methoxy groups -OCH3 is 1. The number of aliphatic hydroxyl groups is 1. The number of carbonyl (C=O) groups excluding carboxylic acids is 1. The van der Waals surface area contributed by atoms with Gasteiger partial charge < -0.3 is 24.8 Å². The summed E-state index contributed by atoms with van der Waals surface area (Å²) in [6, 6.07) is 16.2. The zero-order chi connectivity index (χ0) is 21.6. The van der Waals surface area contributed by atoms with E-state index in [1.807, 2.05) is 24.3 Å². The molecule has 31 heavy (non-hydrogen) atoms. The maximum absolute atomic E-state index is 11.5. The molecule has 2 fully saturated rings. The summed E-state index contributed by atoms with van der Waals surface area (Å²) in [5, 5.41) is 13.4. The molecule has 2 saturated heterocycles. The fourth-order valence-corrected chi connectivity index (χ4v) is 4.26. The molecule has 0 radical (unpaired) electrons. The summed E-state index contributed by atoms with van der Waals surface area (Å²) >= 11 is 0. The molecule has 0 saturated carbocycles. The summed E-state index contributed by atoms with van der Waals surface area (Å²) in [5.41, 5.74) is 2.30. The van der Waals surface area contributed by atoms with E-state index in [4.69, 9.17) is 9.47 Å². The van der Waals surface area contributed by atoms with Crippen molar-refractivity contribution in [2.45, 2.75) is 18.4 Å². The van der Waals surface area contributed by atoms with E-state index in [9.17, 15) is 9.90 Å². The normalized spacial score (nSPS) is 20.4. The Hall–Kier alpha value is -2.77. The number of hydrogen-bond acceptors (Lipinski definition) is 6. The molecule has 0 bridgehead atoms. The van der Waals surface area contributed by atoms with Crippen LogP contribution in [0.25, 0.3) is 0 Å². The molecular formula is C24H31N3O4. The number of aliphatic hydroxyl groups excluding tert-OH is 1. The van der Waals surface area contributed by atoms with Gasteiger partial charge in [0.15, 0.2) is 11.5 Å². The monoisotopic (exact) mass is 425 g/mol. The van der Waals surface area contributed by atoms with Gasteiger partial charge >= 0.3 is 0 Å². The van der Waals surface area contributed by atoms with E-state index in [1.54, 1.807) is 7.11 Å². The van der Waals surface area contributed by atoms with Crippen LogP contribution in [0, 0.1) is 0 Å². The van der Waals surface area contributed by atoms with E-state index < -0.39 is 6.10 Å². The van der Waals surface area contributed by atoms with Crippen LogP contribution in [0.3, 0.4) is 0 Å². The number of piperazine rings is 1. The van der Waals surface area contributed by atoms with E-state index in [-0.39, 0.29) is 18.4 Å². The number of hydrogen-bond donors (Lipinski definition) is 2. The minimum absolute atomic E-state index is 0.0806. The van der Waals surface area contributed by atoms with Crippen LogP contribution in [0.5, 0.6) is 11.5 Å². The molecule has 1 amide bonds. The summed E-state index contributed by atoms with van der Waals surface area (Å²) < 4.78 is 11.3. The Bertz CT molecular complexity index is 868. The molecule has 2 N–H and O–H groups in total. The molecule has 2 aliphatic heterocycles. The summed E-state index contributed by atoms with van der Waals surface area (Å²) in [4.78, 5) is 16.1. The zero-order valence-electron chi connectivity index (χ0n) is 18.0. The Morgan fingerprint density at radius 2 is 1.87 bits per heavy atom. The topological polar surface area (TPSA) is 74.3 Å². The summed E-state index contributed by atoms with van der Waals surface area (Å²) in [6.07, 6.45) is -0.0797. The van der Waals surface area contributed by atoms with Crippen molar-refractivity contribution in [1.82, 2.24) is 10.2 Å². The van der Waals surface area contributed by atoms with Crippen molar-refractivity contribution in [3.8, 4) is 11.5 Å². The number of nitrogens with zero attached hydrogens (tertiary/aromatic N) is 2. The van der Waals surface area contributed by atoms with Gasteiger partial charge in [0.1, 0.15) is 12.7 Å². The van der Waals surface area contributed by atoms with Gasteiger partial charge in [-0.05, 0) is 29.8 Å². The van der Waals surface area contributed by atoms with Crippen LogP contribution < -0.4 is 19.7 Å². The smallest absolute Gasteiger partial charge is 0.220 e. The number of para-hydroxylation sites is 1. The van der Waals surface area contributed by atoms with Crippen molar-refractivity contribution < 1.29 is 19.4 Å². The number of benzene rings is 2. The third kappa shape index (κ3) is 5.48. The molecule has 0 aliphatic carbocycles. The molecule has 166 valence electrons. The number of nitrogens with one attached hydrogen (secondary N) is 1. The Balaban J connectivity index is 1.25. The second-order valence-corrected chi connectivity index (χ2v) is 8.20. The molecule has 2 atom stereocenters. The summed E-state index contributed by atoms with van der Waals surface area (Å²) in [5.74, 6) is 1.48. The highest BCUT2D eigenvalue weighted by molar-refractivity contribution is 5.79. The first-order valence-corrected chi connectivity index (χ1v) is 10.9. The molecule has 2 aliphatic rings. The molecule has 0 spiro atoms. The molecule has 2 unspecified atom stereocenters. The summed E-state index contributed by atoms with van der Waals surface area (Å²) in [7, 11) is 1.60. The van der Waals surface area contributed by atoms with Crippen LogP contribution in [0.4, 0.5) is 5.69 Å². The Morgan fingerprint density at radius 1 is 1.10 bits per heavy atom. The fourth-order valence-electron chi connectivity index (χ4n) is 4.26. The van der Waals surface area contributed by atoms with Crippen molar-refractivity contribution >= 4 is 11.6 Å². The lowest BCUT2D eigenvalue weighted by atomic mass is 9.98. The summed E-state index contributed by atoms with van der Waals surface area (Å²) in [6.45, 7) is 5.17. The highest BCUT2D eigenvalue weighted by Crippen LogP contribution is 2.33. The standard InChI is InChI=1S/C24H31N3O4/c1-30-23-13-18(19-14-24(29)25-15-19)7-8-22(23)31-17-21(28)16-26-9-11-27(12-10-26)20-5-3-2-4-6-20/h2-8,13,19,21,28H,9-12,14-17H2,1H3,(H,25,29). The van der Waals surface area contributed by atoms with Crippen LogP contribution in [0.1, 0.15) is 17.9 Å². The lowest BCUT2D eigenvalue weighted by Crippen LogP contribution is -2.49. The van der Waals surface area contributed by atoms with E-state index >= 15 is 0 Å².